The molecule has 1 fully saturated rings. The van der Waals surface area contributed by atoms with Crippen molar-refractivity contribution in [2.75, 3.05) is 19.6 Å². The molecule has 0 amide bonds. The summed E-state index contributed by atoms with van der Waals surface area (Å²) in [6.07, 6.45) is 2.72. The second-order valence-corrected chi connectivity index (χ2v) is 23.9. The summed E-state index contributed by atoms with van der Waals surface area (Å²) >= 11 is -1.56. The number of aliphatic carboxylic acids is 1. The molecule has 0 aromatic heterocycles. The van der Waals surface area contributed by atoms with Gasteiger partial charge in [0.1, 0.15) is 5.60 Å². The number of hydrogen-bond acceptors (Lipinski definition) is 5. The number of benzene rings is 6. The van der Waals surface area contributed by atoms with E-state index in [0.29, 0.717) is 12.0 Å². The summed E-state index contributed by atoms with van der Waals surface area (Å²) in [5.74, 6) is -0.988. The summed E-state index contributed by atoms with van der Waals surface area (Å²) in [5.41, 5.74) is 5.82. The van der Waals surface area contributed by atoms with Crippen molar-refractivity contribution in [2.45, 2.75) is 70.0 Å². The number of hydrogen-bond donors (Lipinski definition) is 2. The summed E-state index contributed by atoms with van der Waals surface area (Å²) < 4.78 is 3.98. The quantitative estimate of drug-likeness (QED) is 0.0949. The zero-order chi connectivity index (χ0) is 41.5. The Morgan fingerprint density at radius 2 is 1.02 bits per heavy atom. The molecule has 59 heavy (non-hydrogen) atoms. The predicted octanol–water partition coefficient (Wildman–Crippen LogP) is 9.00. The van der Waals surface area contributed by atoms with Crippen molar-refractivity contribution in [1.29, 1.82) is 0 Å². The van der Waals surface area contributed by atoms with Gasteiger partial charge in [-0.25, -0.2) is 0 Å². The number of carboxylic acid groups (broad SMARTS) is 1. The first-order chi connectivity index (χ1) is 28.6. The number of aliphatic hydroxyl groups excluding tert-OH is 1. The molecular weight excluding hydrogens is 833 g/mol. The van der Waals surface area contributed by atoms with Gasteiger partial charge in [0.05, 0.1) is 12.1 Å². The molecule has 2 N–H and O–H groups in total. The van der Waals surface area contributed by atoms with Gasteiger partial charge in [-0.3, -0.25) is 0 Å². The molecule has 1 atom stereocenters. The Bertz CT molecular complexity index is 1970. The minimum atomic E-state index is -1.56. The van der Waals surface area contributed by atoms with E-state index < -0.39 is 42.8 Å². The first-order valence-electron chi connectivity index (χ1n) is 21.1. The van der Waals surface area contributed by atoms with Crippen LogP contribution in [0.5, 0.6) is 0 Å². The number of piperidine rings is 1. The van der Waals surface area contributed by atoms with E-state index in [1.54, 1.807) is 26.0 Å². The number of aliphatic hydroxyl groups is 2. The minimum absolute atomic E-state index is 0.128. The van der Waals surface area contributed by atoms with Gasteiger partial charge in [-0.2, -0.15) is 0 Å². The van der Waals surface area contributed by atoms with Crippen LogP contribution in [0.1, 0.15) is 84.6 Å². The van der Waals surface area contributed by atoms with Gasteiger partial charge in [0.15, 0.2) is 0 Å². The molecule has 1 unspecified atom stereocenters. The average Bonchev–Trinajstić information content (AvgIpc) is 3.28. The third-order valence-electron chi connectivity index (χ3n) is 12.0. The molecule has 5 nitrogen and oxygen atoms in total. The normalized spacial score (nSPS) is 14.2. The second-order valence-electron chi connectivity index (χ2n) is 16.5. The van der Waals surface area contributed by atoms with E-state index in [0.717, 1.165) is 55.6 Å². The summed E-state index contributed by atoms with van der Waals surface area (Å²) in [7, 11) is 0. The van der Waals surface area contributed by atoms with Crippen LogP contribution in [0.2, 0.25) is 0 Å². The molecular formula is C53H59NO4Sn. The number of carbonyl (C=O) groups excluding carboxylic acids is 1. The van der Waals surface area contributed by atoms with Crippen molar-refractivity contribution in [3.05, 3.63) is 215 Å². The van der Waals surface area contributed by atoms with E-state index in [2.05, 4.69) is 95.9 Å². The molecule has 7 rings (SSSR count). The molecule has 304 valence electrons. The van der Waals surface area contributed by atoms with Crippen LogP contribution in [0.4, 0.5) is 0 Å². The second kappa shape index (κ2) is 21.6. The van der Waals surface area contributed by atoms with Gasteiger partial charge < -0.3 is 25.0 Å². The molecule has 0 radical (unpaired) electrons. The van der Waals surface area contributed by atoms with Crippen molar-refractivity contribution in [2.24, 2.45) is 5.92 Å². The van der Waals surface area contributed by atoms with E-state index in [9.17, 15) is 20.1 Å². The van der Waals surface area contributed by atoms with Crippen LogP contribution in [0.3, 0.4) is 0 Å². The number of carboxylic acids is 1. The van der Waals surface area contributed by atoms with Gasteiger partial charge in [-0.15, -0.1) is 0 Å². The number of rotatable bonds is 16. The summed E-state index contributed by atoms with van der Waals surface area (Å²) in [5, 5.41) is 34.1. The van der Waals surface area contributed by atoms with Crippen molar-refractivity contribution >= 4 is 25.7 Å². The first-order valence-corrected chi connectivity index (χ1v) is 27.2. The summed E-state index contributed by atoms with van der Waals surface area (Å²) in [6.45, 7) is 5.97. The predicted molar refractivity (Wildman–Crippen MR) is 240 cm³/mol. The van der Waals surface area contributed by atoms with E-state index in [-0.39, 0.29) is 5.92 Å². The zero-order valence-electron chi connectivity index (χ0n) is 34.6. The van der Waals surface area contributed by atoms with Crippen molar-refractivity contribution in [3.63, 3.8) is 0 Å². The Morgan fingerprint density at radius 1 is 0.627 bits per heavy atom. The third-order valence-corrected chi connectivity index (χ3v) is 19.8. The van der Waals surface area contributed by atoms with Gasteiger partial charge in [-0.05, 0) is 73.5 Å². The van der Waals surface area contributed by atoms with E-state index in [4.69, 9.17) is 0 Å². The Kier molecular flexibility index (Phi) is 16.2. The fourth-order valence-corrected chi connectivity index (χ4v) is 16.4. The number of carbonyl (C=O) groups is 1. The fraction of sp³-hybridized carbons (Fsp3) is 0.302. The first kappa shape index (κ1) is 44.0. The van der Waals surface area contributed by atoms with Crippen LogP contribution in [-0.2, 0) is 29.1 Å². The number of nitrogens with zero attached hydrogens (tertiary/aromatic N) is 1. The van der Waals surface area contributed by atoms with Gasteiger partial charge in [0.2, 0.25) is 0 Å². The molecule has 1 saturated heterocycles. The van der Waals surface area contributed by atoms with Gasteiger partial charge >= 0.3 is 141 Å². The van der Waals surface area contributed by atoms with E-state index in [1.807, 2.05) is 72.8 Å². The van der Waals surface area contributed by atoms with Gasteiger partial charge in [0, 0.05) is 5.41 Å². The molecule has 0 spiro atoms. The van der Waals surface area contributed by atoms with Crippen LogP contribution in [0.15, 0.2) is 176 Å². The fourth-order valence-electron chi connectivity index (χ4n) is 8.35. The summed E-state index contributed by atoms with van der Waals surface area (Å²) in [4.78, 5) is 13.8. The molecule has 6 aromatic carbocycles. The van der Waals surface area contributed by atoms with Crippen LogP contribution in [-0.4, -0.2) is 60.5 Å². The van der Waals surface area contributed by atoms with Crippen LogP contribution in [0.25, 0.3) is 0 Å². The molecule has 1 aliphatic rings. The maximum atomic E-state index is 12.1. The van der Waals surface area contributed by atoms with Crippen molar-refractivity contribution in [1.82, 2.24) is 4.90 Å². The number of likely N-dealkylation sites (tertiary alicyclic amines) is 1. The molecule has 6 aromatic rings. The van der Waals surface area contributed by atoms with Gasteiger partial charge in [-0.1, -0.05) is 98.8 Å². The zero-order valence-corrected chi connectivity index (χ0v) is 37.5. The Balaban J connectivity index is 0.000000226. The molecule has 1 aliphatic heterocycles. The molecule has 0 saturated carbocycles. The Labute approximate surface area is 359 Å². The average molecular weight is 893 g/mol. The van der Waals surface area contributed by atoms with Crippen LogP contribution < -0.4 is 5.11 Å². The van der Waals surface area contributed by atoms with Gasteiger partial charge in [0.25, 0.3) is 0 Å². The standard InChI is InChI=1S/C32H39NO4.3C7H7.Sn/c1-31(2,30(35)36)25-17-15-24(16-18-25)29(34)14-9-21-33-22-19-28(20-23-33)32(37,26-10-5-3-6-11-26)27-12-7-4-8-13-27;3*1-7-5-3-2-4-6-7;/h3-8,10-13,15-18,28-29,34,37H,9,14,19-23H2,1-2H3,(H,35,36);3*2-6H,1H2;/q;;;;+1/p-1. The molecule has 6 heteroatoms. The van der Waals surface area contributed by atoms with E-state index >= 15 is 0 Å². The van der Waals surface area contributed by atoms with Crippen molar-refractivity contribution < 1.29 is 20.1 Å². The summed E-state index contributed by atoms with van der Waals surface area (Å²) in [6, 6.07) is 60.2. The van der Waals surface area contributed by atoms with Crippen molar-refractivity contribution in [3.8, 4) is 0 Å². The Morgan fingerprint density at radius 3 is 1.41 bits per heavy atom. The molecule has 0 bridgehead atoms. The van der Waals surface area contributed by atoms with Crippen LogP contribution >= 0.6 is 0 Å². The maximum absolute atomic E-state index is 12.1. The third kappa shape index (κ3) is 12.3. The van der Waals surface area contributed by atoms with E-state index in [1.165, 1.54) is 30.0 Å². The monoisotopic (exact) mass is 893 g/mol. The van der Waals surface area contributed by atoms with Crippen LogP contribution in [0, 0.1) is 5.92 Å². The SMILES string of the molecule is CC(C)(C(=O)[O-])c1ccc(C(O)CCCN2CCC(C(O)(c3ccccc3)c3ccccc3)CC2)cc1.c1ccc([CH2][Sn+]([CH2]c2ccccc2)[CH2]c2ccccc2)cc1. The molecule has 0 aliphatic carbocycles. The molecule has 1 heterocycles. The Hall–Kier alpha value is -4.53. The topological polar surface area (TPSA) is 83.8 Å².